The number of hydrogen-bond acceptors (Lipinski definition) is 2. The lowest BCUT2D eigenvalue weighted by molar-refractivity contribution is 0.528. The average Bonchev–Trinajstić information content (AvgIpc) is 2.75. The van der Waals surface area contributed by atoms with Crippen molar-refractivity contribution in [1.82, 2.24) is 5.32 Å². The van der Waals surface area contributed by atoms with E-state index in [1.165, 1.54) is 18.6 Å². The first-order valence-electron chi connectivity index (χ1n) is 6.11. The van der Waals surface area contributed by atoms with E-state index in [-0.39, 0.29) is 5.82 Å². The van der Waals surface area contributed by atoms with Gasteiger partial charge >= 0.3 is 0 Å². The fraction of sp³-hybridized carbons (Fsp3) is 0.538. The van der Waals surface area contributed by atoms with Gasteiger partial charge in [0.15, 0.2) is 0 Å². The lowest BCUT2D eigenvalue weighted by atomic mass is 10.1. The Labute approximate surface area is 107 Å². The van der Waals surface area contributed by atoms with Crippen LogP contribution >= 0.6 is 11.6 Å². The van der Waals surface area contributed by atoms with Gasteiger partial charge in [0.2, 0.25) is 0 Å². The van der Waals surface area contributed by atoms with Crippen molar-refractivity contribution in [3.05, 3.63) is 29.0 Å². The zero-order valence-corrected chi connectivity index (χ0v) is 10.8. The highest BCUT2D eigenvalue weighted by Crippen LogP contribution is 2.30. The molecule has 0 aromatic heterocycles. The van der Waals surface area contributed by atoms with Crippen LogP contribution in [0.3, 0.4) is 0 Å². The number of benzene rings is 1. The van der Waals surface area contributed by atoms with Crippen LogP contribution in [0.15, 0.2) is 18.2 Å². The van der Waals surface area contributed by atoms with Crippen LogP contribution in [0.5, 0.6) is 0 Å². The van der Waals surface area contributed by atoms with Gasteiger partial charge in [0.25, 0.3) is 0 Å². The van der Waals surface area contributed by atoms with Crippen molar-refractivity contribution in [2.45, 2.75) is 13.3 Å². The van der Waals surface area contributed by atoms with Gasteiger partial charge in [-0.25, -0.2) is 4.39 Å². The third-order valence-electron chi connectivity index (χ3n) is 3.22. The van der Waals surface area contributed by atoms with Crippen LogP contribution in [-0.4, -0.2) is 26.2 Å². The Morgan fingerprint density at radius 2 is 2.35 bits per heavy atom. The Hall–Kier alpha value is -0.800. The average molecular weight is 257 g/mol. The Bertz CT molecular complexity index is 384. The van der Waals surface area contributed by atoms with Crippen LogP contribution in [0.4, 0.5) is 10.1 Å². The summed E-state index contributed by atoms with van der Waals surface area (Å²) in [5.41, 5.74) is 0.951. The van der Waals surface area contributed by atoms with Crippen molar-refractivity contribution in [2.24, 2.45) is 5.92 Å². The molecular weight excluding hydrogens is 239 g/mol. The summed E-state index contributed by atoms with van der Waals surface area (Å²) in [6.45, 7) is 6.17. The Kier molecular flexibility index (Phi) is 4.24. The van der Waals surface area contributed by atoms with Crippen molar-refractivity contribution < 1.29 is 4.39 Å². The van der Waals surface area contributed by atoms with Crippen molar-refractivity contribution in [2.75, 3.05) is 31.1 Å². The van der Waals surface area contributed by atoms with Crippen LogP contribution in [0.2, 0.25) is 5.02 Å². The second-order valence-electron chi connectivity index (χ2n) is 4.50. The summed E-state index contributed by atoms with van der Waals surface area (Å²) in [5, 5.41) is 3.87. The van der Waals surface area contributed by atoms with Crippen molar-refractivity contribution in [3.63, 3.8) is 0 Å². The first-order valence-corrected chi connectivity index (χ1v) is 6.49. The van der Waals surface area contributed by atoms with Crippen molar-refractivity contribution >= 4 is 17.3 Å². The molecule has 0 saturated carbocycles. The Morgan fingerprint density at radius 1 is 1.53 bits per heavy atom. The monoisotopic (exact) mass is 256 g/mol. The van der Waals surface area contributed by atoms with Gasteiger partial charge < -0.3 is 10.2 Å². The van der Waals surface area contributed by atoms with Crippen LogP contribution in [-0.2, 0) is 0 Å². The number of nitrogens with one attached hydrogen (secondary N) is 1. The second kappa shape index (κ2) is 5.69. The van der Waals surface area contributed by atoms with Gasteiger partial charge in [-0.3, -0.25) is 0 Å². The molecule has 1 heterocycles. The molecule has 1 saturated heterocycles. The molecule has 2 rings (SSSR count). The van der Waals surface area contributed by atoms with E-state index in [1.54, 1.807) is 6.07 Å². The SMILES string of the molecule is CCNCC1CCN(c2ccc(F)cc2Cl)C1. The molecule has 94 valence electrons. The van der Waals surface area contributed by atoms with Crippen LogP contribution in [0.25, 0.3) is 0 Å². The van der Waals surface area contributed by atoms with Gasteiger partial charge in [0.05, 0.1) is 10.7 Å². The van der Waals surface area contributed by atoms with Crippen LogP contribution < -0.4 is 10.2 Å². The maximum absolute atomic E-state index is 13.0. The third-order valence-corrected chi connectivity index (χ3v) is 3.52. The van der Waals surface area contributed by atoms with Crippen LogP contribution in [0.1, 0.15) is 13.3 Å². The zero-order valence-electron chi connectivity index (χ0n) is 10.0. The lowest BCUT2D eigenvalue weighted by Gasteiger charge is -2.20. The predicted molar refractivity (Wildman–Crippen MR) is 70.3 cm³/mol. The zero-order chi connectivity index (χ0) is 12.3. The predicted octanol–water partition coefficient (Wildman–Crippen LogP) is 2.91. The van der Waals surface area contributed by atoms with Crippen LogP contribution in [0, 0.1) is 11.7 Å². The fourth-order valence-electron chi connectivity index (χ4n) is 2.30. The smallest absolute Gasteiger partial charge is 0.124 e. The van der Waals surface area contributed by atoms with E-state index in [1.807, 2.05) is 0 Å². The number of hydrogen-bond donors (Lipinski definition) is 1. The van der Waals surface area contributed by atoms with E-state index in [0.717, 1.165) is 31.9 Å². The minimum atomic E-state index is -0.276. The molecular formula is C13H18ClFN2. The highest BCUT2D eigenvalue weighted by molar-refractivity contribution is 6.33. The van der Waals surface area contributed by atoms with Crippen molar-refractivity contribution in [3.8, 4) is 0 Å². The van der Waals surface area contributed by atoms with E-state index in [2.05, 4.69) is 17.1 Å². The summed E-state index contributed by atoms with van der Waals surface area (Å²) in [5.74, 6) is 0.387. The number of nitrogens with zero attached hydrogens (tertiary/aromatic N) is 1. The summed E-state index contributed by atoms with van der Waals surface area (Å²) >= 11 is 6.06. The lowest BCUT2D eigenvalue weighted by Crippen LogP contribution is -2.26. The maximum atomic E-state index is 13.0. The molecule has 0 bridgehead atoms. The van der Waals surface area contributed by atoms with E-state index in [9.17, 15) is 4.39 Å². The molecule has 0 radical (unpaired) electrons. The summed E-state index contributed by atoms with van der Waals surface area (Å²) in [6, 6.07) is 4.63. The maximum Gasteiger partial charge on any atom is 0.124 e. The molecule has 1 unspecified atom stereocenters. The first kappa shape index (κ1) is 12.7. The highest BCUT2D eigenvalue weighted by Gasteiger charge is 2.23. The summed E-state index contributed by atoms with van der Waals surface area (Å²) < 4.78 is 13.0. The molecule has 1 aromatic carbocycles. The molecule has 1 N–H and O–H groups in total. The molecule has 4 heteroatoms. The second-order valence-corrected chi connectivity index (χ2v) is 4.91. The molecule has 17 heavy (non-hydrogen) atoms. The Balaban J connectivity index is 2.00. The normalized spacial score (nSPS) is 19.9. The molecule has 1 aliphatic rings. The molecule has 2 nitrogen and oxygen atoms in total. The van der Waals surface area contributed by atoms with Gasteiger partial charge in [-0.1, -0.05) is 18.5 Å². The molecule has 0 spiro atoms. The van der Waals surface area contributed by atoms with E-state index >= 15 is 0 Å². The van der Waals surface area contributed by atoms with Gasteiger partial charge in [-0.2, -0.15) is 0 Å². The molecule has 1 aromatic rings. The molecule has 0 aliphatic carbocycles. The number of anilines is 1. The first-order chi connectivity index (χ1) is 8.20. The summed E-state index contributed by atoms with van der Waals surface area (Å²) in [7, 11) is 0. The molecule has 1 atom stereocenters. The highest BCUT2D eigenvalue weighted by atomic mass is 35.5. The molecule has 0 amide bonds. The van der Waals surface area contributed by atoms with E-state index < -0.39 is 0 Å². The number of halogens is 2. The summed E-state index contributed by atoms with van der Waals surface area (Å²) in [4.78, 5) is 2.24. The van der Waals surface area contributed by atoms with Crippen molar-refractivity contribution in [1.29, 1.82) is 0 Å². The topological polar surface area (TPSA) is 15.3 Å². The fourth-order valence-corrected chi connectivity index (χ4v) is 2.59. The standard InChI is InChI=1S/C13H18ClFN2/c1-2-16-8-10-5-6-17(9-10)13-4-3-11(15)7-12(13)14/h3-4,7,10,16H,2,5-6,8-9H2,1H3. The minimum absolute atomic E-state index is 0.276. The van der Waals surface area contributed by atoms with Gasteiger partial charge in [0.1, 0.15) is 5.82 Å². The van der Waals surface area contributed by atoms with E-state index in [0.29, 0.717) is 10.9 Å². The Morgan fingerprint density at radius 3 is 3.06 bits per heavy atom. The van der Waals surface area contributed by atoms with Gasteiger partial charge in [-0.05, 0) is 43.6 Å². The largest absolute Gasteiger partial charge is 0.370 e. The third kappa shape index (κ3) is 3.11. The van der Waals surface area contributed by atoms with E-state index in [4.69, 9.17) is 11.6 Å². The van der Waals surface area contributed by atoms with Gasteiger partial charge in [0, 0.05) is 13.1 Å². The van der Waals surface area contributed by atoms with Gasteiger partial charge in [-0.15, -0.1) is 0 Å². The molecule has 1 aliphatic heterocycles. The number of rotatable bonds is 4. The minimum Gasteiger partial charge on any atom is -0.370 e. The molecule has 1 fully saturated rings. The summed E-state index contributed by atoms with van der Waals surface area (Å²) in [6.07, 6.45) is 1.17. The quantitative estimate of drug-likeness (QED) is 0.891.